The molecule has 254 valence electrons. The molecule has 2 aromatic rings. The Balaban J connectivity index is 1.50. The number of aliphatic imine (C=N–C) groups is 1. The number of morpholine rings is 1. The Labute approximate surface area is 280 Å². The molecule has 3 aliphatic heterocycles. The van der Waals surface area contributed by atoms with Crippen molar-refractivity contribution in [1.82, 2.24) is 20.1 Å². The molecule has 47 heavy (non-hydrogen) atoms. The number of nitrogens with one attached hydrogen (secondary N) is 1. The van der Waals surface area contributed by atoms with Gasteiger partial charge in [-0.15, -0.1) is 11.3 Å². The average molecular weight is 694 g/mol. The van der Waals surface area contributed by atoms with Crippen LogP contribution in [0.2, 0.25) is 5.02 Å². The van der Waals surface area contributed by atoms with Gasteiger partial charge < -0.3 is 24.4 Å². The molecule has 15 heteroatoms. The highest BCUT2D eigenvalue weighted by atomic mass is 35.5. The van der Waals surface area contributed by atoms with Gasteiger partial charge in [0.1, 0.15) is 17.7 Å². The van der Waals surface area contributed by atoms with E-state index in [1.807, 2.05) is 4.90 Å². The van der Waals surface area contributed by atoms with Crippen LogP contribution < -0.4 is 5.32 Å². The molecule has 0 saturated carbocycles. The Bertz CT molecular complexity index is 1610. The smallest absolute Gasteiger partial charge is 0.338 e. The minimum Gasteiger partial charge on any atom is -0.463 e. The number of thiazole rings is 1. The maximum absolute atomic E-state index is 14.7. The second-order valence-corrected chi connectivity index (χ2v) is 14.4. The van der Waals surface area contributed by atoms with E-state index < -0.39 is 57.8 Å². The summed E-state index contributed by atoms with van der Waals surface area (Å²) in [5.41, 5.74) is -1.22. The van der Waals surface area contributed by atoms with Gasteiger partial charge in [0.2, 0.25) is 5.91 Å². The topological polar surface area (TPSA) is 123 Å². The Morgan fingerprint density at radius 3 is 2.62 bits per heavy atom. The van der Waals surface area contributed by atoms with Crippen molar-refractivity contribution in [1.29, 1.82) is 0 Å². The summed E-state index contributed by atoms with van der Waals surface area (Å²) in [6.45, 7) is 11.6. The number of hydrogen-bond acceptors (Lipinski definition) is 11. The molecule has 3 aliphatic rings. The second kappa shape index (κ2) is 13.6. The molecule has 0 radical (unpaired) electrons. The van der Waals surface area contributed by atoms with Crippen LogP contribution in [0.4, 0.5) is 8.78 Å². The first-order chi connectivity index (χ1) is 22.1. The number of rotatable bonds is 9. The minimum absolute atomic E-state index is 0.0384. The molecular formula is C32H38ClF2N5O6S. The first-order valence-electron chi connectivity index (χ1n) is 15.3. The van der Waals surface area contributed by atoms with Gasteiger partial charge in [-0.1, -0.05) is 17.7 Å². The van der Waals surface area contributed by atoms with Crippen molar-refractivity contribution >= 4 is 46.6 Å². The third-order valence-electron chi connectivity index (χ3n) is 7.94. The summed E-state index contributed by atoms with van der Waals surface area (Å²) in [6, 6.07) is 0.320. The molecular weight excluding hydrogens is 656 g/mol. The lowest BCUT2D eigenvalue weighted by Crippen LogP contribution is -2.54. The predicted octanol–water partition coefficient (Wildman–Crippen LogP) is 4.26. The van der Waals surface area contributed by atoms with E-state index in [9.17, 15) is 23.2 Å². The van der Waals surface area contributed by atoms with Gasteiger partial charge in [0.15, 0.2) is 22.5 Å². The molecule has 0 aliphatic carbocycles. The molecule has 0 spiro atoms. The number of likely N-dealkylation sites (tertiary alicyclic amines) is 1. The van der Waals surface area contributed by atoms with Crippen LogP contribution in [0.3, 0.4) is 0 Å². The normalized spacial score (nSPS) is 22.1. The number of carbonyl (C=O) groups is 3. The number of fused-ring (bicyclic) bond motifs is 1. The number of benzene rings is 1. The predicted molar refractivity (Wildman–Crippen MR) is 171 cm³/mol. The summed E-state index contributed by atoms with van der Waals surface area (Å²) < 4.78 is 45.9. The average Bonchev–Trinajstić information content (AvgIpc) is 3.64. The van der Waals surface area contributed by atoms with E-state index in [1.165, 1.54) is 17.4 Å². The van der Waals surface area contributed by atoms with Gasteiger partial charge in [-0.3, -0.25) is 19.5 Å². The van der Waals surface area contributed by atoms with Crippen LogP contribution in [-0.4, -0.2) is 95.6 Å². The lowest BCUT2D eigenvalue weighted by molar-refractivity contribution is -0.167. The SMILES string of the molecule is CCOC(=O)C1=C(CN2CCO[C@H]3CN(CC(C)(C)C(=O)OC(C)(C)C)C(=O)[C@H]32)NC(c2nccs2)=N[C@H]1c1ccc(F)c(F)c1Cl. The third kappa shape index (κ3) is 7.35. The van der Waals surface area contributed by atoms with E-state index in [4.69, 9.17) is 25.8 Å². The highest BCUT2D eigenvalue weighted by Gasteiger charge is 2.50. The number of esters is 2. The molecule has 1 aromatic heterocycles. The summed E-state index contributed by atoms with van der Waals surface area (Å²) in [5, 5.41) is 4.94. The Kier molecular flexibility index (Phi) is 10.1. The number of aromatic nitrogens is 1. The van der Waals surface area contributed by atoms with Crippen LogP contribution in [0.15, 0.2) is 40.0 Å². The lowest BCUT2D eigenvalue weighted by Gasteiger charge is -2.37. The Morgan fingerprint density at radius 1 is 1.21 bits per heavy atom. The van der Waals surface area contributed by atoms with Gasteiger partial charge in [-0.05, 0) is 47.6 Å². The van der Waals surface area contributed by atoms with Crippen LogP contribution in [-0.2, 0) is 28.6 Å². The largest absolute Gasteiger partial charge is 0.463 e. The molecule has 0 unspecified atom stereocenters. The number of ether oxygens (including phenoxy) is 3. The van der Waals surface area contributed by atoms with E-state index in [-0.39, 0.29) is 49.1 Å². The van der Waals surface area contributed by atoms with E-state index in [1.54, 1.807) is 58.0 Å². The molecule has 5 rings (SSSR count). The first kappa shape index (κ1) is 34.9. The van der Waals surface area contributed by atoms with Crippen LogP contribution in [0.5, 0.6) is 0 Å². The number of halogens is 3. The molecule has 2 saturated heterocycles. The fraction of sp³-hybridized carbons (Fsp3) is 0.531. The maximum Gasteiger partial charge on any atom is 0.338 e. The fourth-order valence-corrected chi connectivity index (χ4v) is 6.67. The van der Waals surface area contributed by atoms with E-state index >= 15 is 0 Å². The molecule has 1 amide bonds. The van der Waals surface area contributed by atoms with Crippen molar-refractivity contribution in [3.8, 4) is 0 Å². The number of amidine groups is 1. The summed E-state index contributed by atoms with van der Waals surface area (Å²) in [5.74, 6) is -3.49. The number of amides is 1. The fourth-order valence-electron chi connectivity index (χ4n) is 5.83. The third-order valence-corrected chi connectivity index (χ3v) is 9.10. The van der Waals surface area contributed by atoms with Crippen molar-refractivity contribution < 1.29 is 37.4 Å². The van der Waals surface area contributed by atoms with Gasteiger partial charge in [-0.2, -0.15) is 0 Å². The Hall–Kier alpha value is -3.46. The lowest BCUT2D eigenvalue weighted by atomic mass is 9.92. The number of carbonyl (C=O) groups excluding carboxylic acids is 3. The van der Waals surface area contributed by atoms with Gasteiger partial charge in [0.25, 0.3) is 0 Å². The van der Waals surface area contributed by atoms with Crippen molar-refractivity contribution in [3.05, 3.63) is 62.2 Å². The highest BCUT2D eigenvalue weighted by Crippen LogP contribution is 2.39. The van der Waals surface area contributed by atoms with Gasteiger partial charge in [0.05, 0.1) is 35.3 Å². The zero-order valence-corrected chi connectivity index (χ0v) is 28.6. The van der Waals surface area contributed by atoms with Crippen LogP contribution in [0.25, 0.3) is 0 Å². The first-order valence-corrected chi connectivity index (χ1v) is 16.5. The van der Waals surface area contributed by atoms with Crippen molar-refractivity contribution in [3.63, 3.8) is 0 Å². The van der Waals surface area contributed by atoms with Crippen molar-refractivity contribution in [2.75, 3.05) is 39.4 Å². The van der Waals surface area contributed by atoms with Gasteiger partial charge in [0, 0.05) is 49.0 Å². The highest BCUT2D eigenvalue weighted by molar-refractivity contribution is 7.11. The zero-order chi connectivity index (χ0) is 34.3. The summed E-state index contributed by atoms with van der Waals surface area (Å²) in [6.07, 6.45) is 1.09. The molecule has 3 atom stereocenters. The van der Waals surface area contributed by atoms with Crippen molar-refractivity contribution in [2.45, 2.75) is 65.3 Å². The Morgan fingerprint density at radius 2 is 1.96 bits per heavy atom. The van der Waals surface area contributed by atoms with Crippen LogP contribution >= 0.6 is 22.9 Å². The summed E-state index contributed by atoms with van der Waals surface area (Å²) in [4.78, 5) is 53.0. The second-order valence-electron chi connectivity index (χ2n) is 13.1. The number of nitrogens with zero attached hydrogens (tertiary/aromatic N) is 4. The van der Waals surface area contributed by atoms with E-state index in [0.717, 1.165) is 6.07 Å². The monoisotopic (exact) mass is 693 g/mol. The van der Waals surface area contributed by atoms with Gasteiger partial charge in [-0.25, -0.2) is 18.6 Å². The molecule has 2 fully saturated rings. The van der Waals surface area contributed by atoms with Crippen LogP contribution in [0.1, 0.15) is 58.2 Å². The molecule has 4 heterocycles. The van der Waals surface area contributed by atoms with Gasteiger partial charge >= 0.3 is 11.9 Å². The molecule has 11 nitrogen and oxygen atoms in total. The van der Waals surface area contributed by atoms with E-state index in [0.29, 0.717) is 23.9 Å². The summed E-state index contributed by atoms with van der Waals surface area (Å²) >= 11 is 7.60. The van der Waals surface area contributed by atoms with E-state index in [2.05, 4.69) is 15.3 Å². The standard InChI is InChI=1S/C32H38ClF2N5O6S/c1-7-44-29(42)21-19(37-26(27-36-10-13-47-27)38-24(21)17-8-9-18(34)23(35)22(17)33)14-39-11-12-45-20-15-40(28(41)25(20)39)16-32(5,6)30(43)46-31(2,3)4/h8-10,13,20,24-25H,7,11-12,14-16H2,1-6H3,(H,37,38)/t20-,24-,25-/m0/s1. The summed E-state index contributed by atoms with van der Waals surface area (Å²) in [7, 11) is 0. The zero-order valence-electron chi connectivity index (χ0n) is 27.1. The molecule has 1 N–H and O–H groups in total. The van der Waals surface area contributed by atoms with Crippen LogP contribution in [0, 0.1) is 17.0 Å². The number of hydrogen-bond donors (Lipinski definition) is 1. The van der Waals surface area contributed by atoms with Crippen molar-refractivity contribution in [2.24, 2.45) is 10.4 Å². The minimum atomic E-state index is -1.26. The quantitative estimate of drug-likeness (QED) is 0.303. The molecule has 0 bridgehead atoms. The molecule has 1 aromatic carbocycles. The maximum atomic E-state index is 14.7.